The lowest BCUT2D eigenvalue weighted by Gasteiger charge is -2.04. The van der Waals surface area contributed by atoms with Crippen LogP contribution in [0.15, 0.2) is 38.2 Å². The van der Waals surface area contributed by atoms with Crippen molar-refractivity contribution in [1.82, 2.24) is 14.9 Å². The number of nitrogens with one attached hydrogen (secondary N) is 1. The van der Waals surface area contributed by atoms with Crippen LogP contribution in [0.3, 0.4) is 0 Å². The first-order chi connectivity index (χ1) is 9.68. The molecule has 2 aromatic rings. The predicted molar refractivity (Wildman–Crippen MR) is 67.5 cm³/mol. The SMILES string of the molecule is O=S(=O)(NCc1noc(C(F)(F)F)n1)c1ccc(Br)cc1. The zero-order valence-corrected chi connectivity index (χ0v) is 12.5. The molecule has 0 saturated heterocycles. The van der Waals surface area contributed by atoms with E-state index in [4.69, 9.17) is 0 Å². The first kappa shape index (κ1) is 15.9. The lowest BCUT2D eigenvalue weighted by atomic mass is 10.4. The van der Waals surface area contributed by atoms with Crippen molar-refractivity contribution in [1.29, 1.82) is 0 Å². The van der Waals surface area contributed by atoms with Crippen LogP contribution in [0.1, 0.15) is 11.7 Å². The highest BCUT2D eigenvalue weighted by Gasteiger charge is 2.38. The van der Waals surface area contributed by atoms with Gasteiger partial charge in [0.25, 0.3) is 0 Å². The maximum atomic E-state index is 12.2. The van der Waals surface area contributed by atoms with E-state index < -0.39 is 34.5 Å². The molecule has 0 radical (unpaired) electrons. The van der Waals surface area contributed by atoms with E-state index in [2.05, 4.69) is 35.3 Å². The Hall–Kier alpha value is -1.46. The minimum Gasteiger partial charge on any atom is -0.329 e. The fraction of sp³-hybridized carbons (Fsp3) is 0.200. The number of benzene rings is 1. The molecule has 2 rings (SSSR count). The maximum Gasteiger partial charge on any atom is 0.471 e. The number of aromatic nitrogens is 2. The van der Waals surface area contributed by atoms with Crippen molar-refractivity contribution in [2.24, 2.45) is 0 Å². The van der Waals surface area contributed by atoms with Crippen LogP contribution < -0.4 is 4.72 Å². The second kappa shape index (κ2) is 5.73. The topological polar surface area (TPSA) is 85.1 Å². The average Bonchev–Trinajstić information content (AvgIpc) is 2.86. The molecular weight excluding hydrogens is 379 g/mol. The lowest BCUT2D eigenvalue weighted by Crippen LogP contribution is -2.23. The van der Waals surface area contributed by atoms with Gasteiger partial charge in [-0.1, -0.05) is 21.1 Å². The molecule has 0 fully saturated rings. The van der Waals surface area contributed by atoms with Crippen LogP contribution in [0, 0.1) is 0 Å². The zero-order chi connectivity index (χ0) is 15.7. The molecule has 0 aliphatic carbocycles. The number of sulfonamides is 1. The monoisotopic (exact) mass is 385 g/mol. The van der Waals surface area contributed by atoms with Gasteiger partial charge in [-0.3, -0.25) is 0 Å². The van der Waals surface area contributed by atoms with Gasteiger partial charge in [0.2, 0.25) is 10.0 Å². The number of hydrogen-bond acceptors (Lipinski definition) is 5. The van der Waals surface area contributed by atoms with Gasteiger partial charge in [-0.2, -0.15) is 18.2 Å². The molecule has 0 saturated carbocycles. The fourth-order valence-corrected chi connectivity index (χ4v) is 2.54. The summed E-state index contributed by atoms with van der Waals surface area (Å²) in [7, 11) is -3.88. The molecule has 0 bridgehead atoms. The lowest BCUT2D eigenvalue weighted by molar-refractivity contribution is -0.159. The summed E-state index contributed by atoms with van der Waals surface area (Å²) in [4.78, 5) is 3.02. The molecule has 0 atom stereocenters. The largest absolute Gasteiger partial charge is 0.471 e. The zero-order valence-electron chi connectivity index (χ0n) is 10.1. The molecule has 0 unspecified atom stereocenters. The summed E-state index contributed by atoms with van der Waals surface area (Å²) in [6, 6.07) is 5.71. The molecule has 114 valence electrons. The normalized spacial score (nSPS) is 12.6. The summed E-state index contributed by atoms with van der Waals surface area (Å²) in [6.07, 6.45) is -4.77. The molecule has 0 spiro atoms. The highest BCUT2D eigenvalue weighted by molar-refractivity contribution is 9.10. The van der Waals surface area contributed by atoms with E-state index in [0.717, 1.165) is 0 Å². The summed E-state index contributed by atoms with van der Waals surface area (Å²) in [5, 5.41) is 3.05. The number of halogens is 4. The van der Waals surface area contributed by atoms with Gasteiger partial charge in [0.1, 0.15) is 0 Å². The summed E-state index contributed by atoms with van der Waals surface area (Å²) < 4.78 is 67.2. The van der Waals surface area contributed by atoms with Crippen molar-refractivity contribution in [2.75, 3.05) is 0 Å². The van der Waals surface area contributed by atoms with Gasteiger partial charge in [-0.05, 0) is 24.3 Å². The summed E-state index contributed by atoms with van der Waals surface area (Å²) in [6.45, 7) is -0.516. The standard InChI is InChI=1S/C10H7BrF3N3O3S/c11-6-1-3-7(4-2-6)21(18,19)15-5-8-16-9(20-17-8)10(12,13)14/h1-4,15H,5H2. The van der Waals surface area contributed by atoms with Gasteiger partial charge < -0.3 is 4.52 Å². The van der Waals surface area contributed by atoms with Gasteiger partial charge in [0.15, 0.2) is 5.82 Å². The van der Waals surface area contributed by atoms with Gasteiger partial charge in [-0.15, -0.1) is 0 Å². The first-order valence-corrected chi connectivity index (χ1v) is 7.61. The van der Waals surface area contributed by atoms with Crippen LogP contribution in [0.25, 0.3) is 0 Å². The van der Waals surface area contributed by atoms with Crippen molar-refractivity contribution in [3.05, 3.63) is 40.5 Å². The number of nitrogens with zero attached hydrogens (tertiary/aromatic N) is 2. The van der Waals surface area contributed by atoms with Gasteiger partial charge in [0.05, 0.1) is 11.4 Å². The molecule has 1 aromatic carbocycles. The van der Waals surface area contributed by atoms with Crippen molar-refractivity contribution < 1.29 is 26.1 Å². The van der Waals surface area contributed by atoms with E-state index in [1.807, 2.05) is 0 Å². The van der Waals surface area contributed by atoms with E-state index in [0.29, 0.717) is 4.47 Å². The molecule has 21 heavy (non-hydrogen) atoms. The number of rotatable bonds is 4. The maximum absolute atomic E-state index is 12.2. The second-order valence-corrected chi connectivity index (χ2v) is 6.47. The van der Waals surface area contributed by atoms with Crippen LogP contribution in [0.5, 0.6) is 0 Å². The summed E-state index contributed by atoms with van der Waals surface area (Å²) in [5.74, 6) is -1.94. The summed E-state index contributed by atoms with van der Waals surface area (Å²) >= 11 is 3.16. The third kappa shape index (κ3) is 4.02. The van der Waals surface area contributed by atoms with Crippen molar-refractivity contribution in [2.45, 2.75) is 17.6 Å². The number of alkyl halides is 3. The molecule has 6 nitrogen and oxygen atoms in total. The molecule has 1 N–H and O–H groups in total. The van der Waals surface area contributed by atoms with Gasteiger partial charge in [0, 0.05) is 4.47 Å². The molecule has 0 aliphatic rings. The Labute approximate surface area is 125 Å². The van der Waals surface area contributed by atoms with E-state index in [-0.39, 0.29) is 4.90 Å². The van der Waals surface area contributed by atoms with Crippen molar-refractivity contribution in [3.8, 4) is 0 Å². The van der Waals surface area contributed by atoms with Crippen LogP contribution in [0.2, 0.25) is 0 Å². The third-order valence-electron chi connectivity index (χ3n) is 2.25. The van der Waals surface area contributed by atoms with E-state index in [9.17, 15) is 21.6 Å². The van der Waals surface area contributed by atoms with Gasteiger partial charge in [-0.25, -0.2) is 13.1 Å². The van der Waals surface area contributed by atoms with Crippen molar-refractivity contribution >= 4 is 26.0 Å². The van der Waals surface area contributed by atoms with Gasteiger partial charge >= 0.3 is 12.1 Å². The molecule has 1 aromatic heterocycles. The van der Waals surface area contributed by atoms with Crippen LogP contribution in [-0.2, 0) is 22.7 Å². The molecule has 11 heteroatoms. The Balaban J connectivity index is 2.08. The highest BCUT2D eigenvalue weighted by Crippen LogP contribution is 2.27. The Morgan fingerprint density at radius 1 is 1.24 bits per heavy atom. The van der Waals surface area contributed by atoms with Crippen LogP contribution in [-0.4, -0.2) is 18.6 Å². The third-order valence-corrected chi connectivity index (χ3v) is 4.20. The minimum absolute atomic E-state index is 0.0368. The van der Waals surface area contributed by atoms with E-state index >= 15 is 0 Å². The minimum atomic E-state index is -4.77. The smallest absolute Gasteiger partial charge is 0.329 e. The highest BCUT2D eigenvalue weighted by atomic mass is 79.9. The summed E-state index contributed by atoms with van der Waals surface area (Å²) in [5.41, 5.74) is 0. The quantitative estimate of drug-likeness (QED) is 0.872. The second-order valence-electron chi connectivity index (χ2n) is 3.79. The Bertz CT molecular complexity index is 728. The molecule has 0 amide bonds. The predicted octanol–water partition coefficient (Wildman–Crippen LogP) is 2.33. The van der Waals surface area contributed by atoms with E-state index in [1.54, 1.807) is 0 Å². The van der Waals surface area contributed by atoms with Crippen LogP contribution in [0.4, 0.5) is 13.2 Å². The first-order valence-electron chi connectivity index (χ1n) is 5.33. The Morgan fingerprint density at radius 3 is 2.38 bits per heavy atom. The van der Waals surface area contributed by atoms with Crippen molar-refractivity contribution in [3.63, 3.8) is 0 Å². The average molecular weight is 386 g/mol. The molecular formula is C10H7BrF3N3O3S. The van der Waals surface area contributed by atoms with E-state index in [1.165, 1.54) is 24.3 Å². The Kier molecular flexibility index (Phi) is 4.35. The fourth-order valence-electron chi connectivity index (χ4n) is 1.30. The van der Waals surface area contributed by atoms with Crippen LogP contribution >= 0.6 is 15.9 Å². The number of hydrogen-bond donors (Lipinski definition) is 1. The molecule has 0 aliphatic heterocycles. The molecule has 1 heterocycles. The Morgan fingerprint density at radius 2 is 1.86 bits per heavy atom.